The van der Waals surface area contributed by atoms with Crippen molar-refractivity contribution in [2.75, 3.05) is 39.1 Å². The Morgan fingerprint density at radius 3 is 2.43 bits per heavy atom. The fraction of sp³-hybridized carbons (Fsp3) is 0.333. The molecule has 0 N–H and O–H groups in total. The van der Waals surface area contributed by atoms with Gasteiger partial charge >= 0.3 is 0 Å². The third-order valence-corrected chi connectivity index (χ3v) is 4.23. The monoisotopic (exact) mass is 374 g/mol. The summed E-state index contributed by atoms with van der Waals surface area (Å²) in [6.07, 6.45) is 1.56. The van der Waals surface area contributed by atoms with E-state index in [1.54, 1.807) is 24.4 Å². The van der Waals surface area contributed by atoms with E-state index in [0.717, 1.165) is 13.1 Å². The second-order valence-electron chi connectivity index (χ2n) is 5.38. The Kier molecular flexibility index (Phi) is 5.92. The van der Waals surface area contributed by atoms with Crippen LogP contribution < -0.4 is 10.5 Å². The van der Waals surface area contributed by atoms with Crippen LogP contribution in [0.25, 0.3) is 5.69 Å². The molecule has 1 heterocycles. The van der Waals surface area contributed by atoms with Gasteiger partial charge in [-0.15, -0.1) is 0 Å². The molecule has 2 aromatic rings. The quantitative estimate of drug-likeness (QED) is 0.805. The number of hydrogen-bond acceptors (Lipinski definition) is 4. The van der Waals surface area contributed by atoms with E-state index in [0.29, 0.717) is 21.4 Å². The lowest BCUT2D eigenvalue weighted by Gasteiger charge is -2.22. The average Bonchev–Trinajstić information content (AvgIpc) is 2.48. The Morgan fingerprint density at radius 1 is 1.13 bits per heavy atom. The van der Waals surface area contributed by atoms with Crippen molar-refractivity contribution in [1.29, 1.82) is 0 Å². The van der Waals surface area contributed by atoms with Gasteiger partial charge in [-0.2, -0.15) is 9.78 Å². The van der Waals surface area contributed by atoms with Crippen LogP contribution in [0.1, 0.15) is 0 Å². The number of rotatable bonds is 5. The predicted molar refractivity (Wildman–Crippen MR) is 96.7 cm³/mol. The number of halogens is 3. The minimum atomic E-state index is -0.426. The molecule has 0 saturated heterocycles. The number of anilines is 1. The van der Waals surface area contributed by atoms with E-state index in [2.05, 4.69) is 5.10 Å². The standard InChI is InChI=1S/C15H17Cl3N4O/c1-20(2)6-7-21(3)13-9-19-22(15(23)14(13)18)12-5-4-10(16)8-11(12)17/h4-5,8-9H,6-7H2,1-3H3. The summed E-state index contributed by atoms with van der Waals surface area (Å²) in [5, 5.41) is 5.10. The van der Waals surface area contributed by atoms with Gasteiger partial charge in [-0.3, -0.25) is 4.79 Å². The summed E-state index contributed by atoms with van der Waals surface area (Å²) >= 11 is 18.2. The van der Waals surface area contributed by atoms with Crippen molar-refractivity contribution < 1.29 is 0 Å². The zero-order valence-electron chi connectivity index (χ0n) is 13.1. The molecule has 5 nitrogen and oxygen atoms in total. The van der Waals surface area contributed by atoms with E-state index in [1.165, 1.54) is 4.68 Å². The van der Waals surface area contributed by atoms with Crippen LogP contribution in [0.3, 0.4) is 0 Å². The Balaban J connectivity index is 2.39. The van der Waals surface area contributed by atoms with Crippen molar-refractivity contribution in [3.63, 3.8) is 0 Å². The average molecular weight is 376 g/mol. The van der Waals surface area contributed by atoms with Crippen LogP contribution in [0.5, 0.6) is 0 Å². The maximum atomic E-state index is 12.5. The maximum absolute atomic E-state index is 12.5. The molecule has 0 aliphatic carbocycles. The lowest BCUT2D eigenvalue weighted by Crippen LogP contribution is -2.31. The lowest BCUT2D eigenvalue weighted by molar-refractivity contribution is 0.416. The van der Waals surface area contributed by atoms with Crippen LogP contribution in [-0.4, -0.2) is 48.9 Å². The number of benzene rings is 1. The highest BCUT2D eigenvalue weighted by Crippen LogP contribution is 2.25. The molecular formula is C15H17Cl3N4O. The molecule has 0 unspecified atom stereocenters. The van der Waals surface area contributed by atoms with Crippen molar-refractivity contribution in [2.24, 2.45) is 0 Å². The van der Waals surface area contributed by atoms with Crippen molar-refractivity contribution in [3.8, 4) is 5.69 Å². The third kappa shape index (κ3) is 4.18. The second kappa shape index (κ2) is 7.53. The van der Waals surface area contributed by atoms with Crippen molar-refractivity contribution in [2.45, 2.75) is 0 Å². The third-order valence-electron chi connectivity index (χ3n) is 3.33. The summed E-state index contributed by atoms with van der Waals surface area (Å²) in [5.74, 6) is 0. The summed E-state index contributed by atoms with van der Waals surface area (Å²) in [4.78, 5) is 16.5. The zero-order valence-corrected chi connectivity index (χ0v) is 15.3. The summed E-state index contributed by atoms with van der Waals surface area (Å²) in [7, 11) is 5.83. The van der Waals surface area contributed by atoms with E-state index >= 15 is 0 Å². The minimum absolute atomic E-state index is 0.104. The van der Waals surface area contributed by atoms with Crippen LogP contribution in [0, 0.1) is 0 Å². The molecule has 1 aromatic heterocycles. The molecule has 0 saturated carbocycles. The van der Waals surface area contributed by atoms with E-state index in [-0.39, 0.29) is 5.02 Å². The smallest absolute Gasteiger partial charge is 0.292 e. The molecular weight excluding hydrogens is 359 g/mol. The van der Waals surface area contributed by atoms with Gasteiger partial charge in [0.25, 0.3) is 5.56 Å². The summed E-state index contributed by atoms with van der Waals surface area (Å²) in [6.45, 7) is 1.55. The van der Waals surface area contributed by atoms with Gasteiger partial charge < -0.3 is 9.80 Å². The molecule has 8 heteroatoms. The number of nitrogens with zero attached hydrogens (tertiary/aromatic N) is 4. The van der Waals surface area contributed by atoms with Crippen LogP contribution in [0.15, 0.2) is 29.2 Å². The number of hydrogen-bond donors (Lipinski definition) is 0. The van der Waals surface area contributed by atoms with Gasteiger partial charge in [-0.1, -0.05) is 34.8 Å². The number of likely N-dealkylation sites (N-methyl/N-ethyl adjacent to an activating group) is 2. The van der Waals surface area contributed by atoms with Crippen LogP contribution in [-0.2, 0) is 0 Å². The summed E-state index contributed by atoms with van der Waals surface area (Å²) in [5.41, 5.74) is 0.593. The van der Waals surface area contributed by atoms with Crippen molar-refractivity contribution in [1.82, 2.24) is 14.7 Å². The van der Waals surface area contributed by atoms with Crippen molar-refractivity contribution in [3.05, 3.63) is 49.8 Å². The van der Waals surface area contributed by atoms with Crippen molar-refractivity contribution >= 4 is 40.5 Å². The highest BCUT2D eigenvalue weighted by atomic mass is 35.5. The molecule has 23 heavy (non-hydrogen) atoms. The van der Waals surface area contributed by atoms with E-state index in [4.69, 9.17) is 34.8 Å². The first-order valence-corrected chi connectivity index (χ1v) is 8.03. The van der Waals surface area contributed by atoms with Gasteiger partial charge in [0.05, 0.1) is 22.6 Å². The van der Waals surface area contributed by atoms with E-state index in [1.807, 2.05) is 30.9 Å². The molecule has 124 valence electrons. The van der Waals surface area contributed by atoms with Gasteiger partial charge in [-0.25, -0.2) is 0 Å². The first-order valence-electron chi connectivity index (χ1n) is 6.90. The fourth-order valence-electron chi connectivity index (χ4n) is 1.99. The molecule has 0 bridgehead atoms. The minimum Gasteiger partial charge on any atom is -0.371 e. The SMILES string of the molecule is CN(C)CCN(C)c1cnn(-c2ccc(Cl)cc2Cl)c(=O)c1Cl. The molecule has 0 amide bonds. The van der Waals surface area contributed by atoms with Crippen LogP contribution >= 0.6 is 34.8 Å². The van der Waals surface area contributed by atoms with Gasteiger partial charge in [0.1, 0.15) is 5.02 Å². The largest absolute Gasteiger partial charge is 0.371 e. The highest BCUT2D eigenvalue weighted by molar-refractivity contribution is 6.36. The summed E-state index contributed by atoms with van der Waals surface area (Å²) < 4.78 is 1.17. The Hall–Kier alpha value is -1.27. The topological polar surface area (TPSA) is 41.4 Å². The lowest BCUT2D eigenvalue weighted by atomic mass is 10.3. The molecule has 0 aliphatic rings. The molecule has 0 atom stereocenters. The number of aromatic nitrogens is 2. The highest BCUT2D eigenvalue weighted by Gasteiger charge is 2.15. The first kappa shape index (κ1) is 18.1. The molecule has 1 aromatic carbocycles. The van der Waals surface area contributed by atoms with E-state index < -0.39 is 5.56 Å². The van der Waals surface area contributed by atoms with Crippen LogP contribution in [0.2, 0.25) is 15.1 Å². The molecule has 0 spiro atoms. The molecule has 0 aliphatic heterocycles. The molecule has 0 fully saturated rings. The normalized spacial score (nSPS) is 11.1. The maximum Gasteiger partial charge on any atom is 0.292 e. The first-order chi connectivity index (χ1) is 10.8. The fourth-order valence-corrected chi connectivity index (χ4v) is 2.75. The van der Waals surface area contributed by atoms with Crippen LogP contribution in [0.4, 0.5) is 5.69 Å². The van der Waals surface area contributed by atoms with Gasteiger partial charge in [0.15, 0.2) is 0 Å². The molecule has 2 rings (SSSR count). The summed E-state index contributed by atoms with van der Waals surface area (Å²) in [6, 6.07) is 4.82. The van der Waals surface area contributed by atoms with Gasteiger partial charge in [0, 0.05) is 25.2 Å². The van der Waals surface area contributed by atoms with Gasteiger partial charge in [-0.05, 0) is 32.3 Å². The predicted octanol–water partition coefficient (Wildman–Crippen LogP) is 3.19. The zero-order chi connectivity index (χ0) is 17.1. The molecule has 0 radical (unpaired) electrons. The second-order valence-corrected chi connectivity index (χ2v) is 6.60. The van der Waals surface area contributed by atoms with Gasteiger partial charge in [0.2, 0.25) is 0 Å². The van der Waals surface area contributed by atoms with E-state index in [9.17, 15) is 4.79 Å². The Bertz CT molecular complexity index is 761. The Morgan fingerprint density at radius 2 is 1.83 bits per heavy atom. The Labute approximate surface area is 150 Å².